The molecule has 0 unspecified atom stereocenters. The second-order valence-corrected chi connectivity index (χ2v) is 2.90. The third kappa shape index (κ3) is 3.38. The summed E-state index contributed by atoms with van der Waals surface area (Å²) in [6.45, 7) is 0.107. The van der Waals surface area contributed by atoms with Gasteiger partial charge in [-0.2, -0.15) is 0 Å². The van der Waals surface area contributed by atoms with Gasteiger partial charge in [-0.05, 0) is 12.1 Å². The van der Waals surface area contributed by atoms with Crippen molar-refractivity contribution in [2.24, 2.45) is 0 Å². The monoisotopic (exact) mass is 211 g/mol. The van der Waals surface area contributed by atoms with E-state index in [1.165, 1.54) is 7.11 Å². The summed E-state index contributed by atoms with van der Waals surface area (Å²) in [6.07, 6.45) is -0.0481. The second kappa shape index (κ2) is 5.09. The molecule has 0 radical (unpaired) electrons. The zero-order valence-corrected chi connectivity index (χ0v) is 8.40. The smallest absolute Gasteiger partial charge is 0.306 e. The van der Waals surface area contributed by atoms with Crippen LogP contribution in [0.15, 0.2) is 18.2 Å². The summed E-state index contributed by atoms with van der Waals surface area (Å²) >= 11 is 0. The maximum Gasteiger partial charge on any atom is 0.306 e. The zero-order chi connectivity index (χ0) is 11.3. The fourth-order valence-electron chi connectivity index (χ4n) is 1.05. The number of carbonyl (C=O) groups is 1. The van der Waals surface area contributed by atoms with E-state index in [2.05, 4.69) is 0 Å². The van der Waals surface area contributed by atoms with E-state index in [0.717, 1.165) is 0 Å². The van der Waals surface area contributed by atoms with Gasteiger partial charge in [-0.3, -0.25) is 4.79 Å². The fraction of sp³-hybridized carbons (Fsp3) is 0.300. The van der Waals surface area contributed by atoms with Crippen molar-refractivity contribution in [2.45, 2.75) is 6.42 Å². The van der Waals surface area contributed by atoms with Crippen LogP contribution in [0.2, 0.25) is 0 Å². The summed E-state index contributed by atoms with van der Waals surface area (Å²) in [4.78, 5) is 10.3. The Hall–Kier alpha value is -1.91. The number of aliphatic carboxylic acids is 1. The molecule has 0 saturated heterocycles. The normalized spacial score (nSPS) is 9.67. The van der Waals surface area contributed by atoms with E-state index in [-0.39, 0.29) is 13.0 Å². The molecule has 0 aliphatic carbocycles. The minimum absolute atomic E-state index is 0.0481. The predicted molar refractivity (Wildman–Crippen MR) is 55.2 cm³/mol. The predicted octanol–water partition coefficient (Wildman–Crippen LogP) is 1.13. The molecule has 0 saturated carbocycles. The van der Waals surface area contributed by atoms with Gasteiger partial charge in [0.2, 0.25) is 0 Å². The van der Waals surface area contributed by atoms with Crippen LogP contribution in [0.4, 0.5) is 5.69 Å². The lowest BCUT2D eigenvalue weighted by Gasteiger charge is -2.09. The zero-order valence-electron chi connectivity index (χ0n) is 8.40. The molecule has 15 heavy (non-hydrogen) atoms. The van der Waals surface area contributed by atoms with Gasteiger partial charge in [0.15, 0.2) is 11.5 Å². The molecule has 0 bridgehead atoms. The van der Waals surface area contributed by atoms with Gasteiger partial charge in [0, 0.05) is 11.8 Å². The molecule has 0 heterocycles. The van der Waals surface area contributed by atoms with E-state index < -0.39 is 5.97 Å². The SMILES string of the molecule is COc1cc(N)ccc1OCCC(=O)O. The Morgan fingerprint density at radius 3 is 2.80 bits per heavy atom. The van der Waals surface area contributed by atoms with Gasteiger partial charge in [0.25, 0.3) is 0 Å². The Balaban J connectivity index is 2.63. The minimum atomic E-state index is -0.899. The summed E-state index contributed by atoms with van der Waals surface area (Å²) < 4.78 is 10.3. The Kier molecular flexibility index (Phi) is 3.79. The van der Waals surface area contributed by atoms with Crippen molar-refractivity contribution in [1.29, 1.82) is 0 Å². The van der Waals surface area contributed by atoms with Crippen molar-refractivity contribution in [3.63, 3.8) is 0 Å². The van der Waals surface area contributed by atoms with Crippen molar-refractivity contribution >= 4 is 11.7 Å². The van der Waals surface area contributed by atoms with Gasteiger partial charge >= 0.3 is 5.97 Å². The maximum absolute atomic E-state index is 10.3. The molecule has 1 aromatic rings. The van der Waals surface area contributed by atoms with Crippen LogP contribution in [0.3, 0.4) is 0 Å². The molecule has 0 amide bonds. The first-order chi connectivity index (χ1) is 7.13. The van der Waals surface area contributed by atoms with Crippen molar-refractivity contribution in [3.05, 3.63) is 18.2 Å². The Morgan fingerprint density at radius 2 is 2.20 bits per heavy atom. The molecular formula is C10H13NO4. The molecule has 0 atom stereocenters. The van der Waals surface area contributed by atoms with Crippen LogP contribution >= 0.6 is 0 Å². The molecular weight excluding hydrogens is 198 g/mol. The van der Waals surface area contributed by atoms with Gasteiger partial charge < -0.3 is 20.3 Å². The van der Waals surface area contributed by atoms with E-state index >= 15 is 0 Å². The molecule has 3 N–H and O–H groups in total. The van der Waals surface area contributed by atoms with Gasteiger partial charge in [-0.1, -0.05) is 0 Å². The number of hydrogen-bond donors (Lipinski definition) is 2. The number of nitrogen functional groups attached to an aromatic ring is 1. The Bertz CT molecular complexity index is 351. The third-order valence-electron chi connectivity index (χ3n) is 1.76. The van der Waals surface area contributed by atoms with Crippen LogP contribution in [0.1, 0.15) is 6.42 Å². The molecule has 0 aromatic heterocycles. The average Bonchev–Trinajstić information content (AvgIpc) is 2.19. The van der Waals surface area contributed by atoms with Crippen molar-refractivity contribution in [3.8, 4) is 11.5 Å². The number of ether oxygens (including phenoxy) is 2. The highest BCUT2D eigenvalue weighted by Gasteiger charge is 2.05. The number of nitrogens with two attached hydrogens (primary N) is 1. The fourth-order valence-corrected chi connectivity index (χ4v) is 1.05. The number of hydrogen-bond acceptors (Lipinski definition) is 4. The molecule has 0 spiro atoms. The number of carboxylic acid groups (broad SMARTS) is 1. The van der Waals surface area contributed by atoms with E-state index in [4.69, 9.17) is 20.3 Å². The topological polar surface area (TPSA) is 81.8 Å². The van der Waals surface area contributed by atoms with Crippen LogP contribution in [-0.2, 0) is 4.79 Å². The Labute approximate surface area is 87.4 Å². The molecule has 5 heteroatoms. The van der Waals surface area contributed by atoms with Crippen LogP contribution in [0, 0.1) is 0 Å². The largest absolute Gasteiger partial charge is 0.493 e. The first-order valence-electron chi connectivity index (χ1n) is 4.41. The molecule has 0 aliphatic heterocycles. The van der Waals surface area contributed by atoms with E-state index in [1.54, 1.807) is 18.2 Å². The molecule has 0 aliphatic rings. The van der Waals surface area contributed by atoms with E-state index in [1.807, 2.05) is 0 Å². The van der Waals surface area contributed by atoms with E-state index in [9.17, 15) is 4.79 Å². The van der Waals surface area contributed by atoms with Crippen LogP contribution in [-0.4, -0.2) is 24.8 Å². The standard InChI is InChI=1S/C10H13NO4/c1-14-9-6-7(11)2-3-8(9)15-5-4-10(12)13/h2-3,6H,4-5,11H2,1H3,(H,12,13). The lowest BCUT2D eigenvalue weighted by atomic mass is 10.3. The lowest BCUT2D eigenvalue weighted by Crippen LogP contribution is -2.05. The number of rotatable bonds is 5. The summed E-state index contributed by atoms with van der Waals surface area (Å²) in [5.74, 6) is 0.0951. The molecule has 5 nitrogen and oxygen atoms in total. The van der Waals surface area contributed by atoms with Crippen molar-refractivity contribution in [1.82, 2.24) is 0 Å². The number of anilines is 1. The van der Waals surface area contributed by atoms with Crippen molar-refractivity contribution < 1.29 is 19.4 Å². The number of carboxylic acids is 1. The van der Waals surface area contributed by atoms with Crippen molar-refractivity contribution in [2.75, 3.05) is 19.5 Å². The van der Waals surface area contributed by atoms with Gasteiger partial charge in [-0.25, -0.2) is 0 Å². The molecule has 82 valence electrons. The second-order valence-electron chi connectivity index (χ2n) is 2.90. The quantitative estimate of drug-likeness (QED) is 0.713. The average molecular weight is 211 g/mol. The Morgan fingerprint density at radius 1 is 1.47 bits per heavy atom. The number of benzene rings is 1. The third-order valence-corrected chi connectivity index (χ3v) is 1.76. The summed E-state index contributed by atoms with van der Waals surface area (Å²) in [7, 11) is 1.50. The summed E-state index contributed by atoms with van der Waals surface area (Å²) in [6, 6.07) is 4.94. The number of methoxy groups -OCH3 is 1. The highest BCUT2D eigenvalue weighted by molar-refractivity contribution is 5.66. The van der Waals surface area contributed by atoms with Crippen LogP contribution < -0.4 is 15.2 Å². The first-order valence-corrected chi connectivity index (χ1v) is 4.41. The molecule has 1 aromatic carbocycles. The van der Waals surface area contributed by atoms with E-state index in [0.29, 0.717) is 17.2 Å². The van der Waals surface area contributed by atoms with Crippen LogP contribution in [0.25, 0.3) is 0 Å². The van der Waals surface area contributed by atoms with Gasteiger partial charge in [0.1, 0.15) is 0 Å². The maximum atomic E-state index is 10.3. The van der Waals surface area contributed by atoms with Crippen LogP contribution in [0.5, 0.6) is 11.5 Å². The minimum Gasteiger partial charge on any atom is -0.493 e. The summed E-state index contributed by atoms with van der Waals surface area (Å²) in [5, 5.41) is 8.43. The molecule has 0 fully saturated rings. The summed E-state index contributed by atoms with van der Waals surface area (Å²) in [5.41, 5.74) is 6.12. The highest BCUT2D eigenvalue weighted by atomic mass is 16.5. The van der Waals surface area contributed by atoms with Gasteiger partial charge in [0.05, 0.1) is 20.1 Å². The highest BCUT2D eigenvalue weighted by Crippen LogP contribution is 2.28. The lowest BCUT2D eigenvalue weighted by molar-refractivity contribution is -0.137. The molecule has 1 rings (SSSR count). The van der Waals surface area contributed by atoms with Gasteiger partial charge in [-0.15, -0.1) is 0 Å². The first kappa shape index (κ1) is 11.2.